The first-order valence-electron chi connectivity index (χ1n) is 5.19. The highest BCUT2D eigenvalue weighted by Crippen LogP contribution is 2.19. The molecule has 0 unspecified atom stereocenters. The molecule has 0 saturated heterocycles. The van der Waals surface area contributed by atoms with Gasteiger partial charge in [-0.1, -0.05) is 11.6 Å². The van der Waals surface area contributed by atoms with E-state index < -0.39 is 29.2 Å². The standard InChI is InChI=1S/C11H7ClF2N4O2/c12-6-3-5(1-2-7(6)13)16-10(19)18-4-8(14)9(15)17-11(18)20/h1-4H,(H,16,19)(H2,15,17,20). The zero-order valence-electron chi connectivity index (χ0n) is 9.73. The molecule has 0 aliphatic heterocycles. The summed E-state index contributed by atoms with van der Waals surface area (Å²) in [4.78, 5) is 26.3. The molecule has 1 amide bonds. The minimum atomic E-state index is -1.05. The highest BCUT2D eigenvalue weighted by atomic mass is 35.5. The number of hydrogen-bond donors (Lipinski definition) is 2. The molecule has 6 nitrogen and oxygen atoms in total. The smallest absolute Gasteiger partial charge is 0.357 e. The lowest BCUT2D eigenvalue weighted by Crippen LogP contribution is -2.33. The molecule has 0 aliphatic carbocycles. The topological polar surface area (TPSA) is 90.0 Å². The van der Waals surface area contributed by atoms with Crippen molar-refractivity contribution in [3.63, 3.8) is 0 Å². The lowest BCUT2D eigenvalue weighted by Gasteiger charge is -2.07. The van der Waals surface area contributed by atoms with Crippen LogP contribution in [0.15, 0.2) is 29.2 Å². The Morgan fingerprint density at radius 2 is 2.05 bits per heavy atom. The van der Waals surface area contributed by atoms with Gasteiger partial charge in [0.15, 0.2) is 11.6 Å². The molecule has 9 heteroatoms. The number of nitrogens with zero attached hydrogens (tertiary/aromatic N) is 2. The van der Waals surface area contributed by atoms with Gasteiger partial charge in [0.1, 0.15) is 5.82 Å². The summed E-state index contributed by atoms with van der Waals surface area (Å²) in [5.41, 5.74) is 4.17. The van der Waals surface area contributed by atoms with Gasteiger partial charge in [-0.05, 0) is 18.2 Å². The Labute approximate surface area is 115 Å². The van der Waals surface area contributed by atoms with Crippen molar-refractivity contribution in [1.29, 1.82) is 0 Å². The van der Waals surface area contributed by atoms with E-state index in [9.17, 15) is 18.4 Å². The van der Waals surface area contributed by atoms with E-state index in [4.69, 9.17) is 17.3 Å². The molecule has 0 saturated carbocycles. The summed E-state index contributed by atoms with van der Waals surface area (Å²) in [6, 6.07) is 2.42. The van der Waals surface area contributed by atoms with Crippen LogP contribution in [0.5, 0.6) is 0 Å². The van der Waals surface area contributed by atoms with Crippen molar-refractivity contribution in [2.24, 2.45) is 0 Å². The second-order valence-electron chi connectivity index (χ2n) is 3.69. The number of aromatic nitrogens is 2. The number of nitrogens with one attached hydrogen (secondary N) is 1. The van der Waals surface area contributed by atoms with E-state index in [2.05, 4.69) is 10.3 Å². The highest BCUT2D eigenvalue weighted by Gasteiger charge is 2.12. The second kappa shape index (κ2) is 5.25. The van der Waals surface area contributed by atoms with Gasteiger partial charge in [-0.2, -0.15) is 4.98 Å². The summed E-state index contributed by atoms with van der Waals surface area (Å²) in [5.74, 6) is -2.29. The van der Waals surface area contributed by atoms with Crippen LogP contribution in [0, 0.1) is 11.6 Å². The van der Waals surface area contributed by atoms with E-state index >= 15 is 0 Å². The fraction of sp³-hybridized carbons (Fsp3) is 0. The van der Waals surface area contributed by atoms with Gasteiger partial charge in [0.2, 0.25) is 0 Å². The molecule has 0 fully saturated rings. The summed E-state index contributed by atoms with van der Waals surface area (Å²) >= 11 is 5.54. The summed E-state index contributed by atoms with van der Waals surface area (Å²) in [6.45, 7) is 0. The Morgan fingerprint density at radius 3 is 2.70 bits per heavy atom. The molecular weight excluding hydrogens is 294 g/mol. The number of rotatable bonds is 1. The van der Waals surface area contributed by atoms with Crippen LogP contribution in [0.4, 0.5) is 25.1 Å². The molecule has 3 N–H and O–H groups in total. The van der Waals surface area contributed by atoms with Gasteiger partial charge in [0, 0.05) is 5.69 Å². The van der Waals surface area contributed by atoms with E-state index in [0.717, 1.165) is 12.1 Å². The minimum absolute atomic E-state index is 0.130. The van der Waals surface area contributed by atoms with E-state index in [1.807, 2.05) is 0 Å². The Hall–Kier alpha value is -2.48. The Bertz CT molecular complexity index is 748. The summed E-state index contributed by atoms with van der Waals surface area (Å²) in [6.07, 6.45) is 0.602. The van der Waals surface area contributed by atoms with Crippen LogP contribution < -0.4 is 16.7 Å². The van der Waals surface area contributed by atoms with Crippen LogP contribution in [0.2, 0.25) is 5.02 Å². The minimum Gasteiger partial charge on any atom is -0.381 e. The number of benzene rings is 1. The third kappa shape index (κ3) is 2.75. The summed E-state index contributed by atoms with van der Waals surface area (Å²) < 4.78 is 26.5. The van der Waals surface area contributed by atoms with E-state index in [1.165, 1.54) is 6.07 Å². The zero-order chi connectivity index (χ0) is 14.9. The predicted molar refractivity (Wildman–Crippen MR) is 68.7 cm³/mol. The lowest BCUT2D eigenvalue weighted by atomic mass is 10.3. The molecule has 0 bridgehead atoms. The molecule has 0 atom stereocenters. The largest absolute Gasteiger partial charge is 0.381 e. The quantitative estimate of drug-likeness (QED) is 0.841. The molecule has 0 spiro atoms. The highest BCUT2D eigenvalue weighted by molar-refractivity contribution is 6.31. The van der Waals surface area contributed by atoms with E-state index in [-0.39, 0.29) is 10.7 Å². The van der Waals surface area contributed by atoms with Crippen molar-refractivity contribution >= 4 is 29.1 Å². The molecule has 1 aromatic carbocycles. The van der Waals surface area contributed by atoms with Crippen molar-refractivity contribution in [1.82, 2.24) is 9.55 Å². The molecule has 2 aromatic rings. The molecule has 20 heavy (non-hydrogen) atoms. The maximum atomic E-state index is 13.2. The third-order valence-electron chi connectivity index (χ3n) is 2.30. The maximum absolute atomic E-state index is 13.2. The number of hydrogen-bond acceptors (Lipinski definition) is 4. The number of nitrogens with two attached hydrogens (primary N) is 1. The Balaban J connectivity index is 2.30. The van der Waals surface area contributed by atoms with Gasteiger partial charge in [-0.25, -0.2) is 22.9 Å². The number of halogens is 3. The van der Waals surface area contributed by atoms with Crippen LogP contribution in [-0.2, 0) is 0 Å². The number of amides is 1. The monoisotopic (exact) mass is 300 g/mol. The predicted octanol–water partition coefficient (Wildman–Crippen LogP) is 1.84. The molecule has 0 radical (unpaired) electrons. The van der Waals surface area contributed by atoms with Gasteiger partial charge in [0.25, 0.3) is 0 Å². The van der Waals surface area contributed by atoms with Crippen molar-refractivity contribution in [2.45, 2.75) is 0 Å². The first kappa shape index (κ1) is 13.9. The molecular formula is C11H7ClF2N4O2. The molecule has 1 heterocycles. The van der Waals surface area contributed by atoms with Crippen molar-refractivity contribution in [2.75, 3.05) is 11.1 Å². The van der Waals surface area contributed by atoms with Crippen LogP contribution in [0.1, 0.15) is 0 Å². The number of carbonyl (C=O) groups is 1. The van der Waals surface area contributed by atoms with Crippen LogP contribution in [0.3, 0.4) is 0 Å². The van der Waals surface area contributed by atoms with Gasteiger partial charge in [-0.15, -0.1) is 0 Å². The SMILES string of the molecule is Nc1nc(=O)n(C(=O)Nc2ccc(F)c(Cl)c2)cc1F. The first-order chi connectivity index (χ1) is 9.38. The second-order valence-corrected chi connectivity index (χ2v) is 4.09. The number of carbonyl (C=O) groups excluding carboxylic acids is 1. The Morgan fingerprint density at radius 1 is 1.35 bits per heavy atom. The maximum Gasteiger partial charge on any atom is 0.357 e. The molecule has 0 aliphatic rings. The average molecular weight is 301 g/mol. The third-order valence-corrected chi connectivity index (χ3v) is 2.59. The average Bonchev–Trinajstić information content (AvgIpc) is 2.38. The van der Waals surface area contributed by atoms with Crippen molar-refractivity contribution in [3.05, 3.63) is 51.5 Å². The van der Waals surface area contributed by atoms with Crippen LogP contribution in [0.25, 0.3) is 0 Å². The first-order valence-corrected chi connectivity index (χ1v) is 5.57. The van der Waals surface area contributed by atoms with Crippen LogP contribution >= 0.6 is 11.6 Å². The number of anilines is 2. The van der Waals surface area contributed by atoms with Gasteiger partial charge in [0.05, 0.1) is 11.2 Å². The molecule has 104 valence electrons. The summed E-state index contributed by atoms with van der Waals surface area (Å²) in [5, 5.41) is 2.03. The van der Waals surface area contributed by atoms with E-state index in [0.29, 0.717) is 10.8 Å². The lowest BCUT2D eigenvalue weighted by molar-refractivity contribution is 0.252. The van der Waals surface area contributed by atoms with Crippen molar-refractivity contribution < 1.29 is 13.6 Å². The van der Waals surface area contributed by atoms with Gasteiger partial charge >= 0.3 is 11.7 Å². The molecule has 1 aromatic heterocycles. The molecule has 2 rings (SSSR count). The Kier molecular flexibility index (Phi) is 3.66. The van der Waals surface area contributed by atoms with Gasteiger partial charge < -0.3 is 11.1 Å². The zero-order valence-corrected chi connectivity index (χ0v) is 10.5. The van der Waals surface area contributed by atoms with Crippen molar-refractivity contribution in [3.8, 4) is 0 Å². The normalized spacial score (nSPS) is 10.3. The van der Waals surface area contributed by atoms with Gasteiger partial charge in [-0.3, -0.25) is 0 Å². The number of nitrogen functional groups attached to an aromatic ring is 1. The fourth-order valence-electron chi connectivity index (χ4n) is 1.35. The fourth-order valence-corrected chi connectivity index (χ4v) is 1.53. The van der Waals surface area contributed by atoms with Crippen LogP contribution in [-0.4, -0.2) is 15.6 Å². The van der Waals surface area contributed by atoms with E-state index in [1.54, 1.807) is 0 Å². The summed E-state index contributed by atoms with van der Waals surface area (Å²) in [7, 11) is 0.